The summed E-state index contributed by atoms with van der Waals surface area (Å²) in [5, 5.41) is 7.45. The highest BCUT2D eigenvalue weighted by atomic mass is 32.1. The molecule has 0 atom stereocenters. The molecule has 0 aliphatic heterocycles. The Morgan fingerprint density at radius 1 is 1.04 bits per heavy atom. The van der Waals surface area contributed by atoms with Gasteiger partial charge in [0.2, 0.25) is 0 Å². The van der Waals surface area contributed by atoms with Crippen molar-refractivity contribution >= 4 is 40.0 Å². The highest BCUT2D eigenvalue weighted by Crippen LogP contribution is 2.28. The summed E-state index contributed by atoms with van der Waals surface area (Å²) in [4.78, 5) is 36.0. The van der Waals surface area contributed by atoms with Crippen molar-refractivity contribution in [3.63, 3.8) is 0 Å². The molecule has 138 valence electrons. The van der Waals surface area contributed by atoms with E-state index < -0.39 is 18.0 Å². The largest absolute Gasteiger partial charge is 0.462 e. The molecule has 2 N–H and O–H groups in total. The summed E-state index contributed by atoms with van der Waals surface area (Å²) in [7, 11) is 0. The first kappa shape index (κ1) is 19.5. The maximum atomic E-state index is 12.2. The van der Waals surface area contributed by atoms with Gasteiger partial charge in [-0.15, -0.1) is 11.3 Å². The van der Waals surface area contributed by atoms with Crippen molar-refractivity contribution in [2.45, 2.75) is 20.8 Å². The summed E-state index contributed by atoms with van der Waals surface area (Å²) in [6, 6.07) is 5.88. The third-order valence-electron chi connectivity index (χ3n) is 3.31. The topological polar surface area (TPSA) is 93.7 Å². The smallest absolute Gasteiger partial charge is 0.341 e. The van der Waals surface area contributed by atoms with Crippen LogP contribution >= 0.6 is 11.3 Å². The van der Waals surface area contributed by atoms with Crippen molar-refractivity contribution in [1.82, 2.24) is 0 Å². The van der Waals surface area contributed by atoms with Gasteiger partial charge in [0.15, 0.2) is 0 Å². The number of thiophene rings is 1. The van der Waals surface area contributed by atoms with Crippen LogP contribution in [0.3, 0.4) is 0 Å². The van der Waals surface area contributed by atoms with E-state index in [0.29, 0.717) is 21.8 Å². The second kappa shape index (κ2) is 9.00. The summed E-state index contributed by atoms with van der Waals surface area (Å²) in [5.74, 6) is -0.944. The number of esters is 2. The second-order valence-corrected chi connectivity index (χ2v) is 6.10. The highest BCUT2D eigenvalue weighted by Gasteiger charge is 2.19. The Bertz CT molecular complexity index is 816. The number of ether oxygens (including phenoxy) is 2. The molecule has 0 bridgehead atoms. The minimum absolute atomic E-state index is 0.250. The maximum Gasteiger partial charge on any atom is 0.341 e. The average molecular weight is 376 g/mol. The van der Waals surface area contributed by atoms with E-state index in [-0.39, 0.29) is 13.2 Å². The van der Waals surface area contributed by atoms with Crippen molar-refractivity contribution in [1.29, 1.82) is 0 Å². The van der Waals surface area contributed by atoms with Gasteiger partial charge in [0.1, 0.15) is 5.00 Å². The van der Waals surface area contributed by atoms with Gasteiger partial charge in [-0.05, 0) is 49.9 Å². The zero-order chi connectivity index (χ0) is 19.1. The Labute approximate surface area is 155 Å². The third kappa shape index (κ3) is 4.82. The molecule has 8 heteroatoms. The minimum Gasteiger partial charge on any atom is -0.462 e. The first-order valence-corrected chi connectivity index (χ1v) is 8.94. The molecule has 1 aromatic heterocycles. The van der Waals surface area contributed by atoms with Crippen molar-refractivity contribution in [2.75, 3.05) is 23.8 Å². The first-order chi connectivity index (χ1) is 12.5. The van der Waals surface area contributed by atoms with E-state index in [2.05, 4.69) is 10.6 Å². The van der Waals surface area contributed by atoms with Crippen LogP contribution in [0.1, 0.15) is 40.1 Å². The summed E-state index contributed by atoms with van der Waals surface area (Å²) in [6.07, 6.45) is 0. The molecule has 0 fully saturated rings. The number of hydrogen-bond donors (Lipinski definition) is 2. The number of aryl methyl sites for hydroxylation is 1. The zero-order valence-electron chi connectivity index (χ0n) is 14.8. The number of urea groups is 1. The van der Waals surface area contributed by atoms with Crippen LogP contribution < -0.4 is 10.6 Å². The number of hydrogen-bond acceptors (Lipinski definition) is 6. The molecule has 0 aliphatic carbocycles. The van der Waals surface area contributed by atoms with E-state index in [1.54, 1.807) is 44.4 Å². The van der Waals surface area contributed by atoms with E-state index in [1.165, 1.54) is 17.4 Å². The average Bonchev–Trinajstić information content (AvgIpc) is 2.95. The lowest BCUT2D eigenvalue weighted by molar-refractivity contribution is 0.0517. The SMILES string of the molecule is CCOC(=O)c1cccc(NC(=O)Nc2scc(C)c2C(=O)OCC)c1. The lowest BCUT2D eigenvalue weighted by atomic mass is 10.2. The molecular weight excluding hydrogens is 356 g/mol. The fourth-order valence-electron chi connectivity index (χ4n) is 2.20. The molecule has 26 heavy (non-hydrogen) atoms. The van der Waals surface area contributed by atoms with E-state index in [0.717, 1.165) is 5.56 Å². The fourth-order valence-corrected chi connectivity index (χ4v) is 3.12. The van der Waals surface area contributed by atoms with E-state index in [1.807, 2.05) is 0 Å². The third-order valence-corrected chi connectivity index (χ3v) is 4.33. The molecule has 2 rings (SSSR count). The van der Waals surface area contributed by atoms with Crippen LogP contribution in [-0.2, 0) is 9.47 Å². The lowest BCUT2D eigenvalue weighted by Crippen LogP contribution is -2.21. The summed E-state index contributed by atoms with van der Waals surface area (Å²) in [6.45, 7) is 5.73. The summed E-state index contributed by atoms with van der Waals surface area (Å²) < 4.78 is 9.95. The quantitative estimate of drug-likeness (QED) is 0.742. The van der Waals surface area contributed by atoms with Gasteiger partial charge in [0, 0.05) is 5.69 Å². The standard InChI is InChI=1S/C18H20N2O5S/c1-4-24-16(21)12-7-6-8-13(9-12)19-18(23)20-15-14(11(3)10-26-15)17(22)25-5-2/h6-10H,4-5H2,1-3H3,(H2,19,20,23). The van der Waals surface area contributed by atoms with E-state index >= 15 is 0 Å². The maximum absolute atomic E-state index is 12.2. The Kier molecular flexibility index (Phi) is 6.74. The van der Waals surface area contributed by atoms with Crippen LogP contribution in [0, 0.1) is 6.92 Å². The normalized spacial score (nSPS) is 10.1. The highest BCUT2D eigenvalue weighted by molar-refractivity contribution is 7.15. The molecule has 0 spiro atoms. The number of amides is 2. The molecule has 2 aromatic rings. The van der Waals surface area contributed by atoms with Crippen molar-refractivity contribution in [3.8, 4) is 0 Å². The Balaban J connectivity index is 2.09. The number of carbonyl (C=O) groups is 3. The molecule has 0 unspecified atom stereocenters. The monoisotopic (exact) mass is 376 g/mol. The summed E-state index contributed by atoms with van der Waals surface area (Å²) >= 11 is 1.24. The molecule has 0 saturated heterocycles. The van der Waals surface area contributed by atoms with Gasteiger partial charge >= 0.3 is 18.0 Å². The van der Waals surface area contributed by atoms with Gasteiger partial charge in [-0.3, -0.25) is 5.32 Å². The zero-order valence-corrected chi connectivity index (χ0v) is 15.6. The van der Waals surface area contributed by atoms with Gasteiger partial charge in [-0.25, -0.2) is 14.4 Å². The lowest BCUT2D eigenvalue weighted by Gasteiger charge is -2.09. The molecule has 1 heterocycles. The molecule has 1 aromatic carbocycles. The fraction of sp³-hybridized carbons (Fsp3) is 0.278. The Morgan fingerprint density at radius 2 is 1.73 bits per heavy atom. The van der Waals surface area contributed by atoms with Crippen LogP contribution in [0.25, 0.3) is 0 Å². The van der Waals surface area contributed by atoms with Gasteiger partial charge in [0.05, 0.1) is 24.3 Å². The number of carbonyl (C=O) groups excluding carboxylic acids is 3. The molecule has 0 aliphatic rings. The first-order valence-electron chi connectivity index (χ1n) is 8.06. The minimum atomic E-state index is -0.529. The van der Waals surface area contributed by atoms with E-state index in [4.69, 9.17) is 9.47 Å². The van der Waals surface area contributed by atoms with Crippen LogP contribution in [-0.4, -0.2) is 31.2 Å². The van der Waals surface area contributed by atoms with Crippen molar-refractivity contribution < 1.29 is 23.9 Å². The number of anilines is 2. The van der Waals surface area contributed by atoms with Crippen LogP contribution in [0.2, 0.25) is 0 Å². The molecule has 0 radical (unpaired) electrons. The Morgan fingerprint density at radius 3 is 2.42 bits per heavy atom. The van der Waals surface area contributed by atoms with Crippen molar-refractivity contribution in [3.05, 3.63) is 46.3 Å². The van der Waals surface area contributed by atoms with Gasteiger partial charge < -0.3 is 14.8 Å². The van der Waals surface area contributed by atoms with Gasteiger partial charge in [0.25, 0.3) is 0 Å². The molecular formula is C18H20N2O5S. The molecule has 7 nitrogen and oxygen atoms in total. The predicted octanol–water partition coefficient (Wildman–Crippen LogP) is 4.05. The van der Waals surface area contributed by atoms with Gasteiger partial charge in [-0.2, -0.15) is 0 Å². The molecule has 2 amide bonds. The van der Waals surface area contributed by atoms with Crippen LogP contribution in [0.5, 0.6) is 0 Å². The number of rotatable bonds is 6. The molecule has 0 saturated carbocycles. The summed E-state index contributed by atoms with van der Waals surface area (Å²) in [5.41, 5.74) is 1.84. The van der Waals surface area contributed by atoms with Crippen LogP contribution in [0.4, 0.5) is 15.5 Å². The van der Waals surface area contributed by atoms with Crippen molar-refractivity contribution in [2.24, 2.45) is 0 Å². The van der Waals surface area contributed by atoms with Gasteiger partial charge in [-0.1, -0.05) is 6.07 Å². The van der Waals surface area contributed by atoms with E-state index in [9.17, 15) is 14.4 Å². The van der Waals surface area contributed by atoms with Crippen LogP contribution in [0.15, 0.2) is 29.6 Å². The number of benzene rings is 1. The predicted molar refractivity (Wildman–Crippen MR) is 100 cm³/mol. The second-order valence-electron chi connectivity index (χ2n) is 5.22. The number of nitrogens with one attached hydrogen (secondary N) is 2. The Hall–Kier alpha value is -2.87.